The molecule has 0 aliphatic rings. The molecule has 4 aromatic rings. The number of allylic oxidation sites excluding steroid dienone is 4. The van der Waals surface area contributed by atoms with Crippen LogP contribution in [0.5, 0.6) is 0 Å². The maximum Gasteiger partial charge on any atom is 0.261 e. The molecule has 0 saturated carbocycles. The van der Waals surface area contributed by atoms with Crippen LogP contribution in [0.2, 0.25) is 0 Å². The van der Waals surface area contributed by atoms with Gasteiger partial charge in [-0.25, -0.2) is 8.91 Å². The number of benzene rings is 1. The predicted octanol–water partition coefficient (Wildman–Crippen LogP) is 5.43. The van der Waals surface area contributed by atoms with E-state index in [1.165, 1.54) is 13.8 Å². The van der Waals surface area contributed by atoms with Crippen LogP contribution in [-0.4, -0.2) is 24.8 Å². The summed E-state index contributed by atoms with van der Waals surface area (Å²) in [6.45, 7) is 12.5. The lowest BCUT2D eigenvalue weighted by Crippen LogP contribution is -2.19. The smallest absolute Gasteiger partial charge is 0.261 e. The molecule has 4 rings (SSSR count). The largest absolute Gasteiger partial charge is 0.296 e. The molecule has 0 radical (unpaired) electrons. The number of alkyl halides is 1. The van der Waals surface area contributed by atoms with Gasteiger partial charge in [0.15, 0.2) is 0 Å². The van der Waals surface area contributed by atoms with Crippen molar-refractivity contribution in [3.05, 3.63) is 95.2 Å². The number of hydrogen-bond acceptors (Lipinski definition) is 3. The highest BCUT2D eigenvalue weighted by Crippen LogP contribution is 2.27. The lowest BCUT2D eigenvalue weighted by molar-refractivity contribution is 0.275. The van der Waals surface area contributed by atoms with Crippen LogP contribution in [0.15, 0.2) is 78.3 Å². The molecule has 3 heterocycles. The molecular weight excluding hydrogens is 403 g/mol. The summed E-state index contributed by atoms with van der Waals surface area (Å²) in [7, 11) is 1.71. The van der Waals surface area contributed by atoms with E-state index in [0.717, 1.165) is 16.8 Å². The molecule has 0 unspecified atom stereocenters. The standard InChI is InChI=1S/C26H25FN4O/c1-7-18(12-16(2)26(4,5)27)22-15-24-30(6)25(32)21-9-8-19(14-23(21)31(24)29-22)20-10-11-28-17(3)13-20/h7-15H,1-2H2,3-6H3/b18-12+. The van der Waals surface area contributed by atoms with Gasteiger partial charge in [0.25, 0.3) is 5.56 Å². The summed E-state index contributed by atoms with van der Waals surface area (Å²) in [6, 6.07) is 11.4. The van der Waals surface area contributed by atoms with Gasteiger partial charge in [-0.05, 0) is 67.8 Å². The van der Waals surface area contributed by atoms with Crippen molar-refractivity contribution >= 4 is 22.1 Å². The van der Waals surface area contributed by atoms with E-state index in [0.29, 0.717) is 33.4 Å². The average Bonchev–Trinajstić information content (AvgIpc) is 3.20. The third-order valence-corrected chi connectivity index (χ3v) is 5.63. The molecular formula is C26H25FN4O. The normalized spacial score (nSPS) is 12.5. The Hall–Kier alpha value is -3.80. The molecule has 0 atom stereocenters. The van der Waals surface area contributed by atoms with Crippen LogP contribution in [0, 0.1) is 6.92 Å². The fraction of sp³-hybridized carbons (Fsp3) is 0.192. The monoisotopic (exact) mass is 428 g/mol. The first-order chi connectivity index (χ1) is 15.1. The van der Waals surface area contributed by atoms with Gasteiger partial charge in [0.2, 0.25) is 0 Å². The van der Waals surface area contributed by atoms with Gasteiger partial charge in [0.1, 0.15) is 11.3 Å². The third-order valence-electron chi connectivity index (χ3n) is 5.63. The molecule has 0 amide bonds. The second-order valence-corrected chi connectivity index (χ2v) is 8.38. The van der Waals surface area contributed by atoms with Gasteiger partial charge < -0.3 is 0 Å². The first-order valence-corrected chi connectivity index (χ1v) is 10.3. The Morgan fingerprint density at radius 2 is 1.88 bits per heavy atom. The van der Waals surface area contributed by atoms with Crippen molar-refractivity contribution in [3.63, 3.8) is 0 Å². The van der Waals surface area contributed by atoms with E-state index in [1.54, 1.807) is 40.5 Å². The average molecular weight is 429 g/mol. The Labute approximate surface area is 185 Å². The topological polar surface area (TPSA) is 52.2 Å². The zero-order valence-corrected chi connectivity index (χ0v) is 18.7. The van der Waals surface area contributed by atoms with E-state index in [4.69, 9.17) is 5.10 Å². The Kier molecular flexibility index (Phi) is 5.17. The quantitative estimate of drug-likeness (QED) is 0.398. The molecule has 1 aromatic carbocycles. The number of nitrogens with zero attached hydrogens (tertiary/aromatic N) is 4. The van der Waals surface area contributed by atoms with Crippen LogP contribution in [0.4, 0.5) is 4.39 Å². The maximum atomic E-state index is 14.3. The molecule has 0 aliphatic carbocycles. The fourth-order valence-electron chi connectivity index (χ4n) is 3.60. The van der Waals surface area contributed by atoms with Crippen LogP contribution in [0.3, 0.4) is 0 Å². The minimum Gasteiger partial charge on any atom is -0.296 e. The number of fused-ring (bicyclic) bond motifs is 3. The van der Waals surface area contributed by atoms with Crippen molar-refractivity contribution < 1.29 is 4.39 Å². The maximum absolute atomic E-state index is 14.3. The van der Waals surface area contributed by atoms with E-state index < -0.39 is 5.67 Å². The van der Waals surface area contributed by atoms with Crippen molar-refractivity contribution in [2.75, 3.05) is 0 Å². The van der Waals surface area contributed by atoms with Gasteiger partial charge in [-0.3, -0.25) is 14.3 Å². The Morgan fingerprint density at radius 3 is 2.53 bits per heavy atom. The number of aryl methyl sites for hydroxylation is 2. The van der Waals surface area contributed by atoms with Gasteiger partial charge in [0.05, 0.1) is 16.6 Å². The van der Waals surface area contributed by atoms with Crippen LogP contribution in [0.25, 0.3) is 33.3 Å². The molecule has 32 heavy (non-hydrogen) atoms. The second-order valence-electron chi connectivity index (χ2n) is 8.38. The molecule has 0 spiro atoms. The van der Waals surface area contributed by atoms with Crippen LogP contribution < -0.4 is 5.56 Å². The molecule has 0 saturated heterocycles. The first kappa shape index (κ1) is 21.4. The summed E-state index contributed by atoms with van der Waals surface area (Å²) in [5.74, 6) is 0. The summed E-state index contributed by atoms with van der Waals surface area (Å²) >= 11 is 0. The van der Waals surface area contributed by atoms with Crippen molar-refractivity contribution in [3.8, 4) is 11.1 Å². The number of aromatic nitrogens is 4. The van der Waals surface area contributed by atoms with E-state index in [1.807, 2.05) is 37.3 Å². The number of halogens is 1. The van der Waals surface area contributed by atoms with Crippen molar-refractivity contribution in [1.82, 2.24) is 19.2 Å². The lowest BCUT2D eigenvalue weighted by Gasteiger charge is -2.14. The van der Waals surface area contributed by atoms with E-state index >= 15 is 0 Å². The highest BCUT2D eigenvalue weighted by Gasteiger charge is 2.20. The summed E-state index contributed by atoms with van der Waals surface area (Å²) in [6.07, 6.45) is 5.02. The minimum absolute atomic E-state index is 0.116. The molecule has 0 fully saturated rings. The predicted molar refractivity (Wildman–Crippen MR) is 128 cm³/mol. The Balaban J connectivity index is 1.98. The third kappa shape index (κ3) is 3.68. The summed E-state index contributed by atoms with van der Waals surface area (Å²) in [4.78, 5) is 17.3. The lowest BCUT2D eigenvalue weighted by atomic mass is 9.98. The zero-order valence-electron chi connectivity index (χ0n) is 18.7. The number of rotatable bonds is 5. The zero-order chi connectivity index (χ0) is 23.2. The fourth-order valence-corrected chi connectivity index (χ4v) is 3.60. The second kappa shape index (κ2) is 7.71. The molecule has 3 aromatic heterocycles. The van der Waals surface area contributed by atoms with Gasteiger partial charge in [-0.1, -0.05) is 25.3 Å². The molecule has 0 N–H and O–H groups in total. The van der Waals surface area contributed by atoms with E-state index in [2.05, 4.69) is 18.1 Å². The number of hydrogen-bond donors (Lipinski definition) is 0. The minimum atomic E-state index is -1.56. The van der Waals surface area contributed by atoms with Gasteiger partial charge in [-0.15, -0.1) is 0 Å². The molecule has 6 heteroatoms. The molecule has 5 nitrogen and oxygen atoms in total. The summed E-state index contributed by atoms with van der Waals surface area (Å²) < 4.78 is 17.6. The van der Waals surface area contributed by atoms with Gasteiger partial charge >= 0.3 is 0 Å². The van der Waals surface area contributed by atoms with Gasteiger partial charge in [0, 0.05) is 30.6 Å². The van der Waals surface area contributed by atoms with Crippen LogP contribution in [0.1, 0.15) is 25.2 Å². The molecule has 0 aliphatic heterocycles. The Bertz CT molecular complexity index is 1480. The Morgan fingerprint density at radius 1 is 1.16 bits per heavy atom. The highest BCUT2D eigenvalue weighted by molar-refractivity contribution is 5.86. The molecule has 162 valence electrons. The van der Waals surface area contributed by atoms with E-state index in [9.17, 15) is 9.18 Å². The summed E-state index contributed by atoms with van der Waals surface area (Å²) in [5.41, 5.74) is 4.04. The SMILES string of the molecule is C=C/C(=C\C(=C)C(C)(C)F)c1cc2n(C)c(=O)c3ccc(-c4ccnc(C)c4)cc3n2n1. The molecule has 0 bridgehead atoms. The van der Waals surface area contributed by atoms with Crippen molar-refractivity contribution in [2.45, 2.75) is 26.4 Å². The first-order valence-electron chi connectivity index (χ1n) is 10.3. The van der Waals surface area contributed by atoms with Crippen LogP contribution >= 0.6 is 0 Å². The van der Waals surface area contributed by atoms with Crippen molar-refractivity contribution in [2.24, 2.45) is 7.05 Å². The highest BCUT2D eigenvalue weighted by atomic mass is 19.1. The van der Waals surface area contributed by atoms with Crippen molar-refractivity contribution in [1.29, 1.82) is 0 Å². The van der Waals surface area contributed by atoms with E-state index in [-0.39, 0.29) is 5.56 Å². The summed E-state index contributed by atoms with van der Waals surface area (Å²) in [5, 5.41) is 5.30. The van der Waals surface area contributed by atoms with Gasteiger partial charge in [-0.2, -0.15) is 5.10 Å². The number of pyridine rings is 1. The van der Waals surface area contributed by atoms with Crippen LogP contribution in [-0.2, 0) is 7.05 Å².